The van der Waals surface area contributed by atoms with Gasteiger partial charge in [-0.1, -0.05) is 36.4 Å². The quantitative estimate of drug-likeness (QED) is 0.618. The predicted octanol–water partition coefficient (Wildman–Crippen LogP) is 3.81. The molecular formula is C27H29N3O3. The van der Waals surface area contributed by atoms with Gasteiger partial charge in [-0.2, -0.15) is 0 Å². The van der Waals surface area contributed by atoms with Crippen molar-refractivity contribution in [3.8, 4) is 0 Å². The van der Waals surface area contributed by atoms with Gasteiger partial charge in [-0.3, -0.25) is 9.59 Å². The minimum Gasteiger partial charge on any atom is -0.459 e. The molecule has 0 N–H and O–H groups in total. The van der Waals surface area contributed by atoms with Gasteiger partial charge >= 0.3 is 0 Å². The van der Waals surface area contributed by atoms with Crippen LogP contribution in [0.2, 0.25) is 0 Å². The van der Waals surface area contributed by atoms with Crippen LogP contribution < -0.4 is 4.90 Å². The molecule has 2 aromatic carbocycles. The summed E-state index contributed by atoms with van der Waals surface area (Å²) < 4.78 is 5.37. The highest BCUT2D eigenvalue weighted by Crippen LogP contribution is 2.28. The van der Waals surface area contributed by atoms with Crippen molar-refractivity contribution in [3.63, 3.8) is 0 Å². The van der Waals surface area contributed by atoms with Gasteiger partial charge in [0.05, 0.1) is 6.26 Å². The molecular weight excluding hydrogens is 414 g/mol. The Kier molecular flexibility index (Phi) is 5.67. The Labute approximate surface area is 194 Å². The highest BCUT2D eigenvalue weighted by atomic mass is 16.3. The molecule has 170 valence electrons. The second-order valence-electron chi connectivity index (χ2n) is 8.93. The summed E-state index contributed by atoms with van der Waals surface area (Å²) in [6, 6.07) is 17.3. The number of rotatable bonds is 3. The Bertz CT molecular complexity index is 1160. The van der Waals surface area contributed by atoms with Crippen molar-refractivity contribution in [1.29, 1.82) is 0 Å². The lowest BCUT2D eigenvalue weighted by molar-refractivity contribution is -0.137. The van der Waals surface area contributed by atoms with Gasteiger partial charge in [0.2, 0.25) is 5.91 Å². The molecule has 5 rings (SSSR count). The maximum atomic E-state index is 13.7. The number of hydrogen-bond donors (Lipinski definition) is 0. The number of anilines is 1. The van der Waals surface area contributed by atoms with Crippen molar-refractivity contribution in [2.45, 2.75) is 32.9 Å². The molecule has 0 bridgehead atoms. The average Bonchev–Trinajstić information content (AvgIpc) is 3.39. The smallest absolute Gasteiger partial charge is 0.290 e. The average molecular weight is 444 g/mol. The summed E-state index contributed by atoms with van der Waals surface area (Å²) in [6.07, 6.45) is 2.02. The highest BCUT2D eigenvalue weighted by molar-refractivity contribution is 5.96. The summed E-state index contributed by atoms with van der Waals surface area (Å²) in [5, 5.41) is 0. The Balaban J connectivity index is 1.35. The normalized spacial score (nSPS) is 18.2. The van der Waals surface area contributed by atoms with Crippen LogP contribution in [0.25, 0.3) is 0 Å². The number of amides is 2. The molecule has 1 atom stereocenters. The molecule has 0 aliphatic carbocycles. The molecule has 0 saturated carbocycles. The molecule has 3 heterocycles. The monoisotopic (exact) mass is 443 g/mol. The van der Waals surface area contributed by atoms with Crippen LogP contribution in [0.5, 0.6) is 0 Å². The Hall–Kier alpha value is -3.54. The summed E-state index contributed by atoms with van der Waals surface area (Å²) >= 11 is 0. The number of benzene rings is 2. The van der Waals surface area contributed by atoms with Crippen molar-refractivity contribution >= 4 is 17.5 Å². The lowest BCUT2D eigenvalue weighted by Gasteiger charge is -2.42. The SMILES string of the molecule is Cc1cccc(N2CCN(C(=O)C3Cc4ccccc4CN3C(=O)c3ccco3)CC2)c1C. The Morgan fingerprint density at radius 1 is 0.879 bits per heavy atom. The van der Waals surface area contributed by atoms with E-state index in [1.54, 1.807) is 17.0 Å². The molecule has 6 nitrogen and oxygen atoms in total. The largest absolute Gasteiger partial charge is 0.459 e. The van der Waals surface area contributed by atoms with Gasteiger partial charge in [-0.15, -0.1) is 0 Å². The molecule has 2 amide bonds. The second kappa shape index (κ2) is 8.77. The third kappa shape index (κ3) is 4.01. The van der Waals surface area contributed by atoms with Crippen LogP contribution in [0.4, 0.5) is 5.69 Å². The van der Waals surface area contributed by atoms with E-state index in [4.69, 9.17) is 4.42 Å². The standard InChI is InChI=1S/C27H29N3O3/c1-19-7-5-10-23(20(19)2)28-12-14-29(15-13-28)26(31)24-17-21-8-3-4-9-22(21)18-30(24)27(32)25-11-6-16-33-25/h3-11,16,24H,12-15,17-18H2,1-2H3. The van der Waals surface area contributed by atoms with Crippen LogP contribution in [0.3, 0.4) is 0 Å². The van der Waals surface area contributed by atoms with Crippen molar-refractivity contribution < 1.29 is 14.0 Å². The Morgan fingerprint density at radius 2 is 1.64 bits per heavy atom. The predicted molar refractivity (Wildman–Crippen MR) is 127 cm³/mol. The van der Waals surface area contributed by atoms with E-state index >= 15 is 0 Å². The third-order valence-corrected chi connectivity index (χ3v) is 7.03. The molecule has 1 saturated heterocycles. The van der Waals surface area contributed by atoms with E-state index < -0.39 is 6.04 Å². The van der Waals surface area contributed by atoms with E-state index in [0.717, 1.165) is 24.2 Å². The summed E-state index contributed by atoms with van der Waals surface area (Å²) in [6.45, 7) is 7.55. The number of carbonyl (C=O) groups is 2. The fourth-order valence-electron chi connectivity index (χ4n) is 4.96. The van der Waals surface area contributed by atoms with Crippen LogP contribution >= 0.6 is 0 Å². The van der Waals surface area contributed by atoms with Gasteiger partial charge in [0.1, 0.15) is 6.04 Å². The molecule has 2 aliphatic rings. The molecule has 2 aliphatic heterocycles. The van der Waals surface area contributed by atoms with Crippen LogP contribution in [0.1, 0.15) is 32.8 Å². The summed E-state index contributed by atoms with van der Waals surface area (Å²) in [7, 11) is 0. The minimum atomic E-state index is -0.523. The lowest BCUT2D eigenvalue weighted by atomic mass is 9.92. The molecule has 3 aromatic rings. The van der Waals surface area contributed by atoms with Gasteiger partial charge in [0, 0.05) is 44.8 Å². The summed E-state index contributed by atoms with van der Waals surface area (Å²) in [5.74, 6) is 0.0545. The van der Waals surface area contributed by atoms with Crippen LogP contribution in [0.15, 0.2) is 65.3 Å². The van der Waals surface area contributed by atoms with E-state index in [2.05, 4.69) is 43.0 Å². The maximum absolute atomic E-state index is 13.7. The zero-order valence-corrected chi connectivity index (χ0v) is 19.2. The van der Waals surface area contributed by atoms with E-state index in [1.807, 2.05) is 23.1 Å². The van der Waals surface area contributed by atoms with Crippen molar-refractivity contribution in [1.82, 2.24) is 9.80 Å². The molecule has 1 fully saturated rings. The van der Waals surface area contributed by atoms with Crippen LogP contribution in [0, 0.1) is 13.8 Å². The fraction of sp³-hybridized carbons (Fsp3) is 0.333. The third-order valence-electron chi connectivity index (χ3n) is 7.03. The molecule has 6 heteroatoms. The van der Waals surface area contributed by atoms with E-state index in [1.165, 1.54) is 23.1 Å². The first-order chi connectivity index (χ1) is 16.0. The number of furan rings is 1. The molecule has 0 radical (unpaired) electrons. The van der Waals surface area contributed by atoms with Gasteiger partial charge in [-0.25, -0.2) is 0 Å². The van der Waals surface area contributed by atoms with Gasteiger partial charge in [-0.05, 0) is 54.3 Å². The van der Waals surface area contributed by atoms with E-state index in [9.17, 15) is 9.59 Å². The molecule has 1 unspecified atom stereocenters. The first-order valence-electron chi connectivity index (χ1n) is 11.5. The van der Waals surface area contributed by atoms with Gasteiger partial charge in [0.15, 0.2) is 5.76 Å². The second-order valence-corrected chi connectivity index (χ2v) is 8.93. The number of aryl methyl sites for hydroxylation is 1. The summed E-state index contributed by atoms with van der Waals surface area (Å²) in [5.41, 5.74) is 6.02. The zero-order chi connectivity index (χ0) is 22.9. The van der Waals surface area contributed by atoms with E-state index in [-0.39, 0.29) is 17.6 Å². The summed E-state index contributed by atoms with van der Waals surface area (Å²) in [4.78, 5) is 32.9. The number of fused-ring (bicyclic) bond motifs is 1. The number of hydrogen-bond acceptors (Lipinski definition) is 4. The van der Waals surface area contributed by atoms with Crippen molar-refractivity contribution in [2.75, 3.05) is 31.1 Å². The zero-order valence-electron chi connectivity index (χ0n) is 19.2. The maximum Gasteiger partial charge on any atom is 0.290 e. The van der Waals surface area contributed by atoms with Crippen LogP contribution in [-0.4, -0.2) is 53.8 Å². The lowest BCUT2D eigenvalue weighted by Crippen LogP contribution is -2.57. The van der Waals surface area contributed by atoms with Gasteiger partial charge in [0.25, 0.3) is 5.91 Å². The fourth-order valence-corrected chi connectivity index (χ4v) is 4.96. The van der Waals surface area contributed by atoms with Crippen LogP contribution in [-0.2, 0) is 17.8 Å². The van der Waals surface area contributed by atoms with Gasteiger partial charge < -0.3 is 19.1 Å². The minimum absolute atomic E-state index is 0.0185. The Morgan fingerprint density at radius 3 is 2.36 bits per heavy atom. The number of carbonyl (C=O) groups excluding carboxylic acids is 2. The first kappa shape index (κ1) is 21.3. The van der Waals surface area contributed by atoms with Crippen molar-refractivity contribution in [2.24, 2.45) is 0 Å². The molecule has 0 spiro atoms. The topological polar surface area (TPSA) is 57.0 Å². The van der Waals surface area contributed by atoms with Crippen molar-refractivity contribution in [3.05, 3.63) is 88.9 Å². The number of piperazine rings is 1. The number of nitrogens with zero attached hydrogens (tertiary/aromatic N) is 3. The molecule has 1 aromatic heterocycles. The van der Waals surface area contributed by atoms with E-state index in [0.29, 0.717) is 26.1 Å². The molecule has 33 heavy (non-hydrogen) atoms. The highest BCUT2D eigenvalue weighted by Gasteiger charge is 2.38. The first-order valence-corrected chi connectivity index (χ1v) is 11.5.